The fourth-order valence-electron chi connectivity index (χ4n) is 4.58. The van der Waals surface area contributed by atoms with E-state index in [4.69, 9.17) is 18.9 Å². The molecule has 1 saturated heterocycles. The van der Waals surface area contributed by atoms with Crippen molar-refractivity contribution in [3.8, 4) is 11.5 Å². The van der Waals surface area contributed by atoms with Gasteiger partial charge in [0, 0.05) is 17.9 Å². The maximum Gasteiger partial charge on any atom is 0.334 e. The van der Waals surface area contributed by atoms with Gasteiger partial charge in [0.15, 0.2) is 17.8 Å². The van der Waals surface area contributed by atoms with Gasteiger partial charge >= 0.3 is 11.9 Å². The maximum absolute atomic E-state index is 12.7. The van der Waals surface area contributed by atoms with Crippen molar-refractivity contribution in [2.45, 2.75) is 63.0 Å². The SMILES string of the molecule is C/C=C1\[C@H](CC(=O)OCCc2ccc(O)c(O)c2)C(C(=O)OC)=CC[C@H]1O[C@@H]1O[C@H](CO)[C@@H](O)[C@H](O)[C@H]1O. The highest BCUT2D eigenvalue weighted by Gasteiger charge is 2.46. The van der Waals surface area contributed by atoms with Crippen molar-refractivity contribution in [3.05, 3.63) is 47.1 Å². The summed E-state index contributed by atoms with van der Waals surface area (Å²) < 4.78 is 21.6. The molecule has 0 bridgehead atoms. The average molecular weight is 539 g/mol. The van der Waals surface area contributed by atoms with Crippen molar-refractivity contribution in [2.24, 2.45) is 5.92 Å². The Morgan fingerprint density at radius 2 is 1.84 bits per heavy atom. The minimum atomic E-state index is -1.62. The lowest BCUT2D eigenvalue weighted by Crippen LogP contribution is -2.59. The van der Waals surface area contributed by atoms with Gasteiger partial charge in [-0.15, -0.1) is 0 Å². The molecular weight excluding hydrogens is 504 g/mol. The first-order valence-electron chi connectivity index (χ1n) is 12.2. The van der Waals surface area contributed by atoms with E-state index >= 15 is 0 Å². The predicted octanol–water partition coefficient (Wildman–Crippen LogP) is -0.176. The van der Waals surface area contributed by atoms with Crippen molar-refractivity contribution < 1.29 is 59.2 Å². The quantitative estimate of drug-likeness (QED) is 0.138. The molecule has 3 rings (SSSR count). The fourth-order valence-corrected chi connectivity index (χ4v) is 4.58. The molecule has 1 aromatic rings. The second-order valence-electron chi connectivity index (χ2n) is 9.05. The first-order valence-corrected chi connectivity index (χ1v) is 12.2. The molecule has 1 fully saturated rings. The molecule has 2 aliphatic rings. The van der Waals surface area contributed by atoms with Crippen molar-refractivity contribution >= 4 is 11.9 Å². The second-order valence-corrected chi connectivity index (χ2v) is 9.05. The zero-order chi connectivity index (χ0) is 28.0. The molecule has 0 spiro atoms. The Bertz CT molecular complexity index is 1050. The van der Waals surface area contributed by atoms with E-state index in [2.05, 4.69) is 0 Å². The van der Waals surface area contributed by atoms with Gasteiger partial charge in [0.25, 0.3) is 0 Å². The van der Waals surface area contributed by atoms with Crippen molar-refractivity contribution in [1.29, 1.82) is 0 Å². The maximum atomic E-state index is 12.7. The van der Waals surface area contributed by atoms with Crippen LogP contribution in [0.4, 0.5) is 0 Å². The molecule has 0 unspecified atom stereocenters. The van der Waals surface area contributed by atoms with Crippen LogP contribution in [0.2, 0.25) is 0 Å². The minimum absolute atomic E-state index is 0.0109. The van der Waals surface area contributed by atoms with Crippen LogP contribution in [0.1, 0.15) is 25.3 Å². The van der Waals surface area contributed by atoms with Gasteiger partial charge in [-0.2, -0.15) is 0 Å². The zero-order valence-electron chi connectivity index (χ0n) is 21.1. The Balaban J connectivity index is 1.71. The predicted molar refractivity (Wildman–Crippen MR) is 130 cm³/mol. The number of aromatic hydroxyl groups is 2. The van der Waals surface area contributed by atoms with Gasteiger partial charge in [-0.25, -0.2) is 4.79 Å². The first kappa shape index (κ1) is 29.6. The van der Waals surface area contributed by atoms with Gasteiger partial charge in [-0.05, 0) is 36.6 Å². The van der Waals surface area contributed by atoms with Crippen LogP contribution in [0.3, 0.4) is 0 Å². The summed E-state index contributed by atoms with van der Waals surface area (Å²) in [7, 11) is 1.22. The molecule has 6 N–H and O–H groups in total. The summed E-state index contributed by atoms with van der Waals surface area (Å²) >= 11 is 0. The molecule has 1 aliphatic carbocycles. The van der Waals surface area contributed by atoms with Crippen LogP contribution in [-0.2, 0) is 35.0 Å². The molecule has 12 nitrogen and oxygen atoms in total. The Kier molecular flexibility index (Phi) is 10.3. The summed E-state index contributed by atoms with van der Waals surface area (Å²) in [5, 5.41) is 58.9. The van der Waals surface area contributed by atoms with Gasteiger partial charge in [-0.3, -0.25) is 4.79 Å². The summed E-state index contributed by atoms with van der Waals surface area (Å²) in [4.78, 5) is 25.2. The van der Waals surface area contributed by atoms with Gasteiger partial charge in [0.2, 0.25) is 0 Å². The molecule has 0 radical (unpaired) electrons. The van der Waals surface area contributed by atoms with E-state index in [0.717, 1.165) is 0 Å². The summed E-state index contributed by atoms with van der Waals surface area (Å²) in [5.74, 6) is -2.56. The van der Waals surface area contributed by atoms with Crippen LogP contribution in [0.15, 0.2) is 41.5 Å². The molecule has 1 heterocycles. The number of aliphatic hydroxyl groups excluding tert-OH is 4. The lowest BCUT2D eigenvalue weighted by molar-refractivity contribution is -0.308. The summed E-state index contributed by atoms with van der Waals surface area (Å²) in [5.41, 5.74) is 1.39. The highest BCUT2D eigenvalue weighted by Crippen LogP contribution is 2.37. The number of carbonyl (C=O) groups is 2. The Morgan fingerprint density at radius 3 is 2.47 bits per heavy atom. The molecule has 12 heteroatoms. The van der Waals surface area contributed by atoms with Crippen LogP contribution < -0.4 is 0 Å². The molecule has 0 aromatic heterocycles. The molecular formula is C26H34O12. The summed E-state index contributed by atoms with van der Waals surface area (Å²) in [6.07, 6.45) is -4.65. The number of phenols is 2. The van der Waals surface area contributed by atoms with Gasteiger partial charge in [0.1, 0.15) is 24.4 Å². The second kappa shape index (κ2) is 13.2. The number of ether oxygens (including phenoxy) is 4. The van der Waals surface area contributed by atoms with E-state index in [0.29, 0.717) is 11.1 Å². The van der Waals surface area contributed by atoms with Crippen LogP contribution in [-0.4, -0.2) is 99.7 Å². The number of hydrogen-bond donors (Lipinski definition) is 6. The largest absolute Gasteiger partial charge is 0.504 e. The molecule has 38 heavy (non-hydrogen) atoms. The number of methoxy groups -OCH3 is 1. The van der Waals surface area contributed by atoms with Crippen LogP contribution >= 0.6 is 0 Å². The standard InChI is InChI=1S/C26H34O12/c1-3-14-16(11-21(30)36-9-8-13-4-6-17(28)18(29)10-13)15(25(34)35-2)5-7-19(14)37-26-24(33)23(32)22(31)20(12-27)38-26/h3-6,10,16,19-20,22-24,26-29,31-33H,7-9,11-12H2,1-2H3/b14-3+/t16-,19+,20+,22+,23-,24+,26+/m0/s1. The van der Waals surface area contributed by atoms with E-state index in [1.54, 1.807) is 25.1 Å². The molecule has 1 aliphatic heterocycles. The molecule has 0 saturated carbocycles. The number of rotatable bonds is 9. The Hall–Kier alpha value is -3.00. The normalized spacial score (nSPS) is 30.5. The monoisotopic (exact) mass is 538 g/mol. The summed E-state index contributed by atoms with van der Waals surface area (Å²) in [6.45, 7) is 1.06. The van der Waals surface area contributed by atoms with Crippen LogP contribution in [0.25, 0.3) is 0 Å². The third kappa shape index (κ3) is 6.70. The highest BCUT2D eigenvalue weighted by molar-refractivity contribution is 5.91. The van der Waals surface area contributed by atoms with Gasteiger partial charge < -0.3 is 49.6 Å². The number of benzene rings is 1. The third-order valence-electron chi connectivity index (χ3n) is 6.67. The number of allylic oxidation sites excluding steroid dienone is 1. The number of carbonyl (C=O) groups excluding carboxylic acids is 2. The number of hydrogen-bond acceptors (Lipinski definition) is 12. The number of aliphatic hydroxyl groups is 4. The number of esters is 2. The van der Waals surface area contributed by atoms with E-state index in [-0.39, 0.29) is 42.9 Å². The molecule has 210 valence electrons. The average Bonchev–Trinajstić information content (AvgIpc) is 2.90. The Labute approximate surface area is 219 Å². The first-order chi connectivity index (χ1) is 18.1. The minimum Gasteiger partial charge on any atom is -0.504 e. The van der Waals surface area contributed by atoms with E-state index < -0.39 is 61.3 Å². The molecule has 1 aromatic carbocycles. The number of phenolic OH excluding ortho intramolecular Hbond substituents is 2. The van der Waals surface area contributed by atoms with Crippen molar-refractivity contribution in [2.75, 3.05) is 20.3 Å². The van der Waals surface area contributed by atoms with E-state index in [9.17, 15) is 40.2 Å². The van der Waals surface area contributed by atoms with Crippen molar-refractivity contribution in [3.63, 3.8) is 0 Å². The summed E-state index contributed by atoms with van der Waals surface area (Å²) in [6, 6.07) is 4.28. The fraction of sp³-hybridized carbons (Fsp3) is 0.538. The smallest absolute Gasteiger partial charge is 0.334 e. The lowest BCUT2D eigenvalue weighted by atomic mass is 9.79. The van der Waals surface area contributed by atoms with Crippen molar-refractivity contribution in [1.82, 2.24) is 0 Å². The Morgan fingerprint density at radius 1 is 1.11 bits per heavy atom. The third-order valence-corrected chi connectivity index (χ3v) is 6.67. The van der Waals surface area contributed by atoms with E-state index in [1.165, 1.54) is 19.2 Å². The van der Waals surface area contributed by atoms with Gasteiger partial charge in [0.05, 0.1) is 32.8 Å². The van der Waals surface area contributed by atoms with Crippen LogP contribution in [0.5, 0.6) is 11.5 Å². The topological polar surface area (TPSA) is 192 Å². The van der Waals surface area contributed by atoms with Gasteiger partial charge in [-0.1, -0.05) is 18.2 Å². The zero-order valence-corrected chi connectivity index (χ0v) is 21.1. The van der Waals surface area contributed by atoms with E-state index in [1.807, 2.05) is 0 Å². The molecule has 7 atom stereocenters. The van der Waals surface area contributed by atoms with Crippen LogP contribution in [0, 0.1) is 5.92 Å². The molecule has 0 amide bonds. The lowest BCUT2D eigenvalue weighted by Gasteiger charge is -2.42. The highest BCUT2D eigenvalue weighted by atomic mass is 16.7.